The molecule has 4 heteroatoms. The fourth-order valence-electron chi connectivity index (χ4n) is 1.80. The monoisotopic (exact) mass is 248 g/mol. The molecule has 0 spiro atoms. The molecule has 2 aromatic rings. The number of hydrogen-bond donors (Lipinski definition) is 2. The fraction of sp³-hybridized carbons (Fsp3) is 0.143. The third-order valence-corrected chi connectivity index (χ3v) is 2.72. The smallest absolute Gasteiger partial charge is 0.151 e. The first-order valence-corrected chi connectivity index (χ1v) is 5.71. The lowest BCUT2D eigenvalue weighted by atomic mass is 10.1. The van der Waals surface area contributed by atoms with E-state index in [1.807, 2.05) is 25.1 Å². The summed E-state index contributed by atoms with van der Waals surface area (Å²) in [6.07, 6.45) is 0.779. The van der Waals surface area contributed by atoms with Crippen molar-refractivity contribution in [2.24, 2.45) is 0 Å². The lowest BCUT2D eigenvalue weighted by Gasteiger charge is -2.12. The number of nitrogen functional groups attached to an aromatic ring is 1. The van der Waals surface area contributed by atoms with Crippen molar-refractivity contribution in [3.05, 3.63) is 53.6 Å². The highest BCUT2D eigenvalue weighted by Crippen LogP contribution is 2.27. The molecule has 0 amide bonds. The van der Waals surface area contributed by atoms with Crippen LogP contribution < -0.4 is 11.1 Å². The van der Waals surface area contributed by atoms with Crippen LogP contribution in [-0.2, 0) is 6.42 Å². The molecule has 2 aromatic carbocycles. The van der Waals surface area contributed by atoms with Gasteiger partial charge in [-0.15, -0.1) is 0 Å². The maximum atomic E-state index is 13.7. The standard InChI is InChI=1S/C14H14F2N2/c1-2-9-5-3-4-6-13(9)18-14-11(15)7-10(17)8-12(14)16/h3-8,18H,2,17H2,1H3. The SMILES string of the molecule is CCc1ccccc1Nc1c(F)cc(N)cc1F. The third kappa shape index (κ3) is 2.42. The minimum atomic E-state index is -0.696. The highest BCUT2D eigenvalue weighted by Gasteiger charge is 2.11. The molecule has 0 saturated carbocycles. The van der Waals surface area contributed by atoms with Crippen molar-refractivity contribution >= 4 is 17.1 Å². The lowest BCUT2D eigenvalue weighted by Crippen LogP contribution is -2.01. The topological polar surface area (TPSA) is 38.0 Å². The Bertz CT molecular complexity index is 544. The number of hydrogen-bond acceptors (Lipinski definition) is 2. The molecule has 0 atom stereocenters. The molecule has 0 fully saturated rings. The largest absolute Gasteiger partial charge is 0.399 e. The predicted octanol–water partition coefficient (Wildman–Crippen LogP) is 3.85. The Morgan fingerprint density at radius 2 is 1.72 bits per heavy atom. The molecule has 0 radical (unpaired) electrons. The average molecular weight is 248 g/mol. The Labute approximate surface area is 104 Å². The predicted molar refractivity (Wildman–Crippen MR) is 69.9 cm³/mol. The van der Waals surface area contributed by atoms with Crippen molar-refractivity contribution in [3.8, 4) is 0 Å². The first-order chi connectivity index (χ1) is 8.61. The van der Waals surface area contributed by atoms with E-state index in [9.17, 15) is 8.78 Å². The van der Waals surface area contributed by atoms with Crippen molar-refractivity contribution in [2.75, 3.05) is 11.1 Å². The molecule has 94 valence electrons. The Morgan fingerprint density at radius 1 is 1.11 bits per heavy atom. The van der Waals surface area contributed by atoms with Crippen LogP contribution in [0.1, 0.15) is 12.5 Å². The zero-order valence-electron chi connectivity index (χ0n) is 10.0. The van der Waals surface area contributed by atoms with Crippen molar-refractivity contribution in [2.45, 2.75) is 13.3 Å². The maximum Gasteiger partial charge on any atom is 0.151 e. The van der Waals surface area contributed by atoms with Crippen LogP contribution >= 0.6 is 0 Å². The van der Waals surface area contributed by atoms with E-state index in [4.69, 9.17) is 5.73 Å². The second-order valence-corrected chi connectivity index (χ2v) is 4.00. The van der Waals surface area contributed by atoms with Gasteiger partial charge in [-0.1, -0.05) is 25.1 Å². The normalized spacial score (nSPS) is 10.4. The van der Waals surface area contributed by atoms with Crippen LogP contribution in [0.15, 0.2) is 36.4 Å². The van der Waals surface area contributed by atoms with Crippen molar-refractivity contribution < 1.29 is 8.78 Å². The minimum Gasteiger partial charge on any atom is -0.399 e. The van der Waals surface area contributed by atoms with Gasteiger partial charge in [-0.2, -0.15) is 0 Å². The van der Waals surface area contributed by atoms with E-state index in [2.05, 4.69) is 5.32 Å². The summed E-state index contributed by atoms with van der Waals surface area (Å²) in [5.74, 6) is -1.39. The molecule has 2 nitrogen and oxygen atoms in total. The van der Waals surface area contributed by atoms with Crippen LogP contribution in [0.2, 0.25) is 0 Å². The van der Waals surface area contributed by atoms with Gasteiger partial charge in [-0.25, -0.2) is 8.78 Å². The second-order valence-electron chi connectivity index (χ2n) is 4.00. The van der Waals surface area contributed by atoms with Gasteiger partial charge in [-0.05, 0) is 30.2 Å². The van der Waals surface area contributed by atoms with E-state index >= 15 is 0 Å². The van der Waals surface area contributed by atoms with Gasteiger partial charge < -0.3 is 11.1 Å². The van der Waals surface area contributed by atoms with Gasteiger partial charge in [0.1, 0.15) is 5.69 Å². The van der Waals surface area contributed by atoms with Crippen molar-refractivity contribution in [1.29, 1.82) is 0 Å². The zero-order valence-corrected chi connectivity index (χ0v) is 10.0. The summed E-state index contributed by atoms with van der Waals surface area (Å²) in [6, 6.07) is 9.60. The van der Waals surface area contributed by atoms with Crippen LogP contribution in [0.4, 0.5) is 25.8 Å². The molecule has 18 heavy (non-hydrogen) atoms. The van der Waals surface area contributed by atoms with Crippen molar-refractivity contribution in [3.63, 3.8) is 0 Å². The van der Waals surface area contributed by atoms with Gasteiger partial charge in [0.15, 0.2) is 11.6 Å². The number of halogens is 2. The molecule has 0 bridgehead atoms. The summed E-state index contributed by atoms with van der Waals surface area (Å²) in [5, 5.41) is 2.78. The fourth-order valence-corrected chi connectivity index (χ4v) is 1.80. The Morgan fingerprint density at radius 3 is 2.33 bits per heavy atom. The summed E-state index contributed by atoms with van der Waals surface area (Å²) in [5.41, 5.74) is 6.95. The Kier molecular flexibility index (Phi) is 3.46. The number of aryl methyl sites for hydroxylation is 1. The highest BCUT2D eigenvalue weighted by molar-refractivity contribution is 5.66. The molecule has 0 unspecified atom stereocenters. The van der Waals surface area contributed by atoms with Crippen molar-refractivity contribution in [1.82, 2.24) is 0 Å². The molecular weight excluding hydrogens is 234 g/mol. The molecule has 0 aromatic heterocycles. The second kappa shape index (κ2) is 5.04. The average Bonchev–Trinajstić information content (AvgIpc) is 2.34. The summed E-state index contributed by atoms with van der Waals surface area (Å²) >= 11 is 0. The Balaban J connectivity index is 2.40. The van der Waals surface area contributed by atoms with Gasteiger partial charge in [0.25, 0.3) is 0 Å². The number of anilines is 3. The van der Waals surface area contributed by atoms with Gasteiger partial charge in [-0.3, -0.25) is 0 Å². The van der Waals surface area contributed by atoms with Crippen LogP contribution in [0.3, 0.4) is 0 Å². The van der Waals surface area contributed by atoms with Gasteiger partial charge in [0.05, 0.1) is 0 Å². The zero-order chi connectivity index (χ0) is 13.1. The molecule has 0 heterocycles. The third-order valence-electron chi connectivity index (χ3n) is 2.72. The van der Waals surface area contributed by atoms with Crippen LogP contribution in [0.25, 0.3) is 0 Å². The van der Waals surface area contributed by atoms with Gasteiger partial charge in [0.2, 0.25) is 0 Å². The summed E-state index contributed by atoms with van der Waals surface area (Å²) in [7, 11) is 0. The van der Waals surface area contributed by atoms with Crippen LogP contribution in [-0.4, -0.2) is 0 Å². The van der Waals surface area contributed by atoms with E-state index in [0.717, 1.165) is 24.1 Å². The summed E-state index contributed by atoms with van der Waals surface area (Å²) in [6.45, 7) is 1.98. The lowest BCUT2D eigenvalue weighted by molar-refractivity contribution is 0.592. The number of rotatable bonds is 3. The van der Waals surface area contributed by atoms with E-state index in [-0.39, 0.29) is 11.4 Å². The molecule has 0 aliphatic carbocycles. The van der Waals surface area contributed by atoms with Gasteiger partial charge >= 0.3 is 0 Å². The molecule has 0 aliphatic rings. The molecule has 0 aliphatic heterocycles. The summed E-state index contributed by atoms with van der Waals surface area (Å²) < 4.78 is 27.3. The van der Waals surface area contributed by atoms with Crippen LogP contribution in [0, 0.1) is 11.6 Å². The number of nitrogens with two attached hydrogens (primary N) is 1. The summed E-state index contributed by atoms with van der Waals surface area (Å²) in [4.78, 5) is 0. The van der Waals surface area contributed by atoms with E-state index in [0.29, 0.717) is 5.69 Å². The van der Waals surface area contributed by atoms with Gasteiger partial charge in [0, 0.05) is 11.4 Å². The van der Waals surface area contributed by atoms with E-state index < -0.39 is 11.6 Å². The quantitative estimate of drug-likeness (QED) is 0.809. The number of nitrogens with one attached hydrogen (secondary N) is 1. The number of benzene rings is 2. The minimum absolute atomic E-state index is 0.0688. The van der Waals surface area contributed by atoms with Crippen LogP contribution in [0.5, 0.6) is 0 Å². The highest BCUT2D eigenvalue weighted by atomic mass is 19.1. The molecule has 0 saturated heterocycles. The number of para-hydroxylation sites is 1. The molecule has 3 N–H and O–H groups in total. The van der Waals surface area contributed by atoms with E-state index in [1.54, 1.807) is 6.07 Å². The first kappa shape index (κ1) is 12.4. The molecular formula is C14H14F2N2. The maximum absolute atomic E-state index is 13.7. The van der Waals surface area contributed by atoms with E-state index in [1.165, 1.54) is 0 Å². The Hall–Kier alpha value is -2.10. The first-order valence-electron chi connectivity index (χ1n) is 5.71. The molecule has 2 rings (SSSR count).